The molecule has 2 aromatic carbocycles. The number of aromatic nitrogens is 3. The molecule has 3 rings (SSSR count). The third kappa shape index (κ3) is 4.91. The largest absolute Gasteiger partial charge is 0.325 e. The molecule has 3 aromatic rings. The molecule has 9 heteroatoms. The normalized spacial score (nSPS) is 11.7. The molecule has 0 aliphatic heterocycles. The summed E-state index contributed by atoms with van der Waals surface area (Å²) in [7, 11) is 0. The topological polar surface area (TPSA) is 83.6 Å². The van der Waals surface area contributed by atoms with Crippen LogP contribution in [-0.2, 0) is 11.3 Å². The number of nitrogens with zero attached hydrogens (tertiary/aromatic N) is 4. The number of nitriles is 1. The molecule has 0 radical (unpaired) electrons. The van der Waals surface area contributed by atoms with Gasteiger partial charge >= 0.3 is 0 Å². The molecular formula is C20H17Cl2N5OS. The average Bonchev–Trinajstić information content (AvgIpc) is 3.11. The van der Waals surface area contributed by atoms with Crippen molar-refractivity contribution < 1.29 is 4.79 Å². The predicted molar refractivity (Wildman–Crippen MR) is 116 cm³/mol. The summed E-state index contributed by atoms with van der Waals surface area (Å²) in [6, 6.07) is 14.1. The lowest BCUT2D eigenvalue weighted by molar-refractivity contribution is -0.115. The van der Waals surface area contributed by atoms with Gasteiger partial charge in [0.15, 0.2) is 11.0 Å². The van der Waals surface area contributed by atoms with Crippen molar-refractivity contribution in [2.45, 2.75) is 30.8 Å². The van der Waals surface area contributed by atoms with Crippen LogP contribution in [0.1, 0.15) is 19.4 Å². The van der Waals surface area contributed by atoms with Gasteiger partial charge in [-0.05, 0) is 56.3 Å². The summed E-state index contributed by atoms with van der Waals surface area (Å²) in [6.07, 6.45) is 0. The molecule has 0 aliphatic carbocycles. The fourth-order valence-corrected chi connectivity index (χ4v) is 3.87. The Labute approximate surface area is 182 Å². The number of benzene rings is 2. The summed E-state index contributed by atoms with van der Waals surface area (Å²) in [5.41, 5.74) is 1.79. The molecule has 0 spiro atoms. The van der Waals surface area contributed by atoms with E-state index in [-0.39, 0.29) is 5.91 Å². The van der Waals surface area contributed by atoms with Crippen LogP contribution >= 0.6 is 35.0 Å². The van der Waals surface area contributed by atoms with Crippen molar-refractivity contribution in [1.29, 1.82) is 5.26 Å². The van der Waals surface area contributed by atoms with E-state index in [1.165, 1.54) is 11.8 Å². The Morgan fingerprint density at radius 3 is 2.59 bits per heavy atom. The van der Waals surface area contributed by atoms with Crippen LogP contribution in [-0.4, -0.2) is 25.9 Å². The Balaban J connectivity index is 1.74. The third-order valence-corrected chi connectivity index (χ3v) is 5.79. The number of amides is 1. The number of hydrogen-bond acceptors (Lipinski definition) is 5. The number of hydrogen-bond donors (Lipinski definition) is 1. The molecule has 0 aliphatic rings. The molecule has 1 aromatic heterocycles. The van der Waals surface area contributed by atoms with Crippen molar-refractivity contribution in [2.75, 3.05) is 5.32 Å². The van der Waals surface area contributed by atoms with Gasteiger partial charge in [-0.25, -0.2) is 0 Å². The lowest BCUT2D eigenvalue weighted by atomic mass is 10.2. The molecular weight excluding hydrogens is 429 g/mol. The smallest absolute Gasteiger partial charge is 0.237 e. The lowest BCUT2D eigenvalue weighted by Gasteiger charge is -2.13. The van der Waals surface area contributed by atoms with Gasteiger partial charge in [-0.3, -0.25) is 4.79 Å². The third-order valence-electron chi connectivity index (χ3n) is 4.14. The van der Waals surface area contributed by atoms with Crippen molar-refractivity contribution in [1.82, 2.24) is 14.8 Å². The molecule has 1 atom stereocenters. The second-order valence-corrected chi connectivity index (χ2v) is 8.26. The Hall–Kier alpha value is -2.53. The van der Waals surface area contributed by atoms with Crippen molar-refractivity contribution in [3.05, 3.63) is 58.1 Å². The van der Waals surface area contributed by atoms with Gasteiger partial charge in [-0.1, -0.05) is 35.0 Å². The molecule has 0 saturated carbocycles. The van der Waals surface area contributed by atoms with Crippen molar-refractivity contribution in [3.8, 4) is 17.5 Å². The average molecular weight is 446 g/mol. The zero-order valence-electron chi connectivity index (χ0n) is 15.7. The summed E-state index contributed by atoms with van der Waals surface area (Å²) >= 11 is 13.3. The zero-order valence-corrected chi connectivity index (χ0v) is 18.0. The number of nitrogens with one attached hydrogen (secondary N) is 1. The fraction of sp³-hybridized carbons (Fsp3) is 0.200. The Morgan fingerprint density at radius 1 is 1.24 bits per heavy atom. The standard InChI is InChI=1S/C20H17Cl2N5OS/c1-3-27-18(13-4-7-15(21)8-5-13)25-26-20(27)29-12(2)19(28)24-16-9-6-14(11-23)17(22)10-16/h4-10,12H,3H2,1-2H3,(H,24,28). The molecule has 148 valence electrons. The zero-order chi connectivity index (χ0) is 21.0. The van der Waals surface area contributed by atoms with Crippen LogP contribution < -0.4 is 5.32 Å². The summed E-state index contributed by atoms with van der Waals surface area (Å²) in [6.45, 7) is 4.45. The van der Waals surface area contributed by atoms with Gasteiger partial charge in [0.2, 0.25) is 5.91 Å². The molecule has 0 saturated heterocycles. The number of carbonyl (C=O) groups is 1. The van der Waals surface area contributed by atoms with Crippen molar-refractivity contribution in [3.63, 3.8) is 0 Å². The minimum Gasteiger partial charge on any atom is -0.325 e. The van der Waals surface area contributed by atoms with E-state index in [2.05, 4.69) is 15.5 Å². The van der Waals surface area contributed by atoms with Crippen LogP contribution in [0.2, 0.25) is 10.0 Å². The lowest BCUT2D eigenvalue weighted by Crippen LogP contribution is -2.23. The maximum Gasteiger partial charge on any atom is 0.237 e. The van der Waals surface area contributed by atoms with E-state index >= 15 is 0 Å². The van der Waals surface area contributed by atoms with Crippen LogP contribution in [0.25, 0.3) is 11.4 Å². The van der Waals surface area contributed by atoms with E-state index in [1.54, 1.807) is 37.3 Å². The van der Waals surface area contributed by atoms with E-state index in [9.17, 15) is 4.79 Å². The molecule has 6 nitrogen and oxygen atoms in total. The van der Waals surface area contributed by atoms with Crippen LogP contribution in [0.15, 0.2) is 47.6 Å². The first-order valence-electron chi connectivity index (χ1n) is 8.79. The molecule has 1 N–H and O–H groups in total. The van der Waals surface area contributed by atoms with Crippen LogP contribution in [0.3, 0.4) is 0 Å². The van der Waals surface area contributed by atoms with E-state index in [0.29, 0.717) is 33.0 Å². The predicted octanol–water partition coefficient (Wildman–Crippen LogP) is 5.26. The summed E-state index contributed by atoms with van der Waals surface area (Å²) in [5, 5.41) is 21.5. The van der Waals surface area contributed by atoms with E-state index in [1.807, 2.05) is 29.7 Å². The summed E-state index contributed by atoms with van der Waals surface area (Å²) < 4.78 is 1.95. The van der Waals surface area contributed by atoms with Crippen LogP contribution in [0, 0.1) is 11.3 Å². The molecule has 1 amide bonds. The number of carbonyl (C=O) groups excluding carboxylic acids is 1. The fourth-order valence-electron chi connectivity index (χ4n) is 2.61. The number of anilines is 1. The maximum absolute atomic E-state index is 12.6. The van der Waals surface area contributed by atoms with Gasteiger partial charge in [0.25, 0.3) is 0 Å². The second-order valence-electron chi connectivity index (χ2n) is 6.11. The molecule has 1 heterocycles. The van der Waals surface area contributed by atoms with Gasteiger partial charge < -0.3 is 9.88 Å². The van der Waals surface area contributed by atoms with Crippen LogP contribution in [0.4, 0.5) is 5.69 Å². The highest BCUT2D eigenvalue weighted by molar-refractivity contribution is 8.00. The molecule has 0 bridgehead atoms. The number of rotatable bonds is 6. The van der Waals surface area contributed by atoms with Gasteiger partial charge in [0.05, 0.1) is 15.8 Å². The first kappa shape index (κ1) is 21.2. The Kier molecular flexibility index (Phi) is 6.80. The highest BCUT2D eigenvalue weighted by Crippen LogP contribution is 2.28. The number of thioether (sulfide) groups is 1. The highest BCUT2D eigenvalue weighted by Gasteiger charge is 2.20. The highest BCUT2D eigenvalue weighted by atomic mass is 35.5. The minimum absolute atomic E-state index is 0.200. The van der Waals surface area contributed by atoms with Gasteiger partial charge in [-0.2, -0.15) is 5.26 Å². The monoisotopic (exact) mass is 445 g/mol. The first-order chi connectivity index (χ1) is 13.9. The SMILES string of the molecule is CCn1c(SC(C)C(=O)Nc2ccc(C#N)c(Cl)c2)nnc1-c1ccc(Cl)cc1. The quantitative estimate of drug-likeness (QED) is 0.522. The van der Waals surface area contributed by atoms with E-state index in [0.717, 1.165) is 11.4 Å². The van der Waals surface area contributed by atoms with Gasteiger partial charge in [0, 0.05) is 22.8 Å². The minimum atomic E-state index is -0.419. The maximum atomic E-state index is 12.6. The van der Waals surface area contributed by atoms with Crippen molar-refractivity contribution in [2.24, 2.45) is 0 Å². The summed E-state index contributed by atoms with van der Waals surface area (Å²) in [4.78, 5) is 12.6. The summed E-state index contributed by atoms with van der Waals surface area (Å²) in [5.74, 6) is 0.521. The molecule has 0 fully saturated rings. The van der Waals surface area contributed by atoms with Crippen LogP contribution in [0.5, 0.6) is 0 Å². The second kappa shape index (κ2) is 9.31. The first-order valence-corrected chi connectivity index (χ1v) is 10.4. The Bertz CT molecular complexity index is 1080. The Morgan fingerprint density at radius 2 is 1.97 bits per heavy atom. The van der Waals surface area contributed by atoms with E-state index < -0.39 is 5.25 Å². The molecule has 1 unspecified atom stereocenters. The molecule has 29 heavy (non-hydrogen) atoms. The van der Waals surface area contributed by atoms with E-state index in [4.69, 9.17) is 28.5 Å². The van der Waals surface area contributed by atoms with Gasteiger partial charge in [0.1, 0.15) is 6.07 Å². The van der Waals surface area contributed by atoms with Crippen molar-refractivity contribution >= 4 is 46.6 Å². The van der Waals surface area contributed by atoms with Gasteiger partial charge in [-0.15, -0.1) is 10.2 Å². The number of halogens is 2.